The average molecular weight is 391 g/mol. The third-order valence-electron chi connectivity index (χ3n) is 3.93. The van der Waals surface area contributed by atoms with Crippen molar-refractivity contribution in [1.82, 2.24) is 5.32 Å². The van der Waals surface area contributed by atoms with E-state index in [-0.39, 0.29) is 17.6 Å². The van der Waals surface area contributed by atoms with Gasteiger partial charge < -0.3 is 10.1 Å². The van der Waals surface area contributed by atoms with Crippen LogP contribution in [0.25, 0.3) is 0 Å². The molecule has 26 heavy (non-hydrogen) atoms. The molecule has 4 nitrogen and oxygen atoms in total. The number of aryl methyl sites for hydroxylation is 2. The molecule has 0 radical (unpaired) electrons. The van der Waals surface area contributed by atoms with Gasteiger partial charge in [-0.1, -0.05) is 37.6 Å². The van der Waals surface area contributed by atoms with Crippen molar-refractivity contribution in [3.8, 4) is 5.75 Å². The van der Waals surface area contributed by atoms with Crippen LogP contribution in [0.1, 0.15) is 36.5 Å². The maximum absolute atomic E-state index is 12.0. The van der Waals surface area contributed by atoms with Crippen molar-refractivity contribution in [2.75, 3.05) is 11.9 Å². The Balaban J connectivity index is 1.87. The van der Waals surface area contributed by atoms with E-state index in [4.69, 9.17) is 28.6 Å². The Morgan fingerprint density at radius 1 is 1.15 bits per heavy atom. The Labute approximate surface area is 164 Å². The van der Waals surface area contributed by atoms with Crippen LogP contribution in [0.3, 0.4) is 0 Å². The first-order chi connectivity index (χ1) is 12.3. The number of nitrogens with one attached hydrogen (secondary N) is 2. The lowest BCUT2D eigenvalue weighted by Gasteiger charge is -2.14. The van der Waals surface area contributed by atoms with Crippen molar-refractivity contribution in [2.24, 2.45) is 0 Å². The lowest BCUT2D eigenvalue weighted by atomic mass is 9.98. The van der Waals surface area contributed by atoms with Crippen LogP contribution in [0.15, 0.2) is 36.4 Å². The molecule has 2 rings (SSSR count). The van der Waals surface area contributed by atoms with Gasteiger partial charge in [-0.3, -0.25) is 10.1 Å². The fraction of sp³-hybridized carbons (Fsp3) is 0.300. The minimum atomic E-state index is -0.326. The third-order valence-corrected chi connectivity index (χ3v) is 4.37. The zero-order valence-corrected chi connectivity index (χ0v) is 16.9. The van der Waals surface area contributed by atoms with Gasteiger partial charge in [0, 0.05) is 10.7 Å². The molecule has 0 spiro atoms. The molecular formula is C20H23ClN2O2S. The topological polar surface area (TPSA) is 50.4 Å². The fourth-order valence-corrected chi connectivity index (χ4v) is 2.98. The fourth-order valence-electron chi connectivity index (χ4n) is 2.58. The van der Waals surface area contributed by atoms with Crippen LogP contribution in [0.4, 0.5) is 5.69 Å². The lowest BCUT2D eigenvalue weighted by molar-refractivity contribution is -0.121. The summed E-state index contributed by atoms with van der Waals surface area (Å²) in [5.41, 5.74) is 4.14. The van der Waals surface area contributed by atoms with Gasteiger partial charge in [0.1, 0.15) is 5.75 Å². The van der Waals surface area contributed by atoms with Gasteiger partial charge in [-0.15, -0.1) is 0 Å². The Hall–Kier alpha value is -2.11. The molecule has 0 aliphatic heterocycles. The second-order valence-electron chi connectivity index (χ2n) is 6.42. The molecule has 0 saturated heterocycles. The SMILES string of the molecule is Cc1ccc(Cl)cc1NC(=S)NC(=O)COc1ccc(C(C)C)c(C)c1. The van der Waals surface area contributed by atoms with Crippen LogP contribution >= 0.6 is 23.8 Å². The number of carbonyl (C=O) groups is 1. The quantitative estimate of drug-likeness (QED) is 0.707. The highest BCUT2D eigenvalue weighted by Gasteiger charge is 2.09. The Kier molecular flexibility index (Phi) is 7.00. The van der Waals surface area contributed by atoms with Gasteiger partial charge in [0.2, 0.25) is 0 Å². The van der Waals surface area contributed by atoms with E-state index in [1.165, 1.54) is 5.56 Å². The molecule has 138 valence electrons. The number of ether oxygens (including phenoxy) is 1. The maximum Gasteiger partial charge on any atom is 0.264 e. The summed E-state index contributed by atoms with van der Waals surface area (Å²) in [4.78, 5) is 12.0. The molecule has 0 saturated carbocycles. The monoisotopic (exact) mass is 390 g/mol. The van der Waals surface area contributed by atoms with Gasteiger partial charge in [-0.05, 0) is 72.9 Å². The maximum atomic E-state index is 12.0. The van der Waals surface area contributed by atoms with Crippen LogP contribution in [-0.4, -0.2) is 17.6 Å². The number of halogens is 1. The molecule has 0 aliphatic rings. The van der Waals surface area contributed by atoms with E-state index >= 15 is 0 Å². The third kappa shape index (κ3) is 5.71. The summed E-state index contributed by atoms with van der Waals surface area (Å²) < 4.78 is 5.56. The van der Waals surface area contributed by atoms with Crippen LogP contribution in [-0.2, 0) is 4.79 Å². The van der Waals surface area contributed by atoms with Crippen LogP contribution < -0.4 is 15.4 Å². The first kappa shape index (κ1) is 20.2. The van der Waals surface area contributed by atoms with Crippen molar-refractivity contribution in [1.29, 1.82) is 0 Å². The highest BCUT2D eigenvalue weighted by atomic mass is 35.5. The summed E-state index contributed by atoms with van der Waals surface area (Å²) in [6, 6.07) is 11.3. The van der Waals surface area contributed by atoms with Crippen LogP contribution in [0.2, 0.25) is 5.02 Å². The zero-order valence-electron chi connectivity index (χ0n) is 15.4. The number of anilines is 1. The highest BCUT2D eigenvalue weighted by molar-refractivity contribution is 7.80. The van der Waals surface area contributed by atoms with E-state index < -0.39 is 0 Å². The van der Waals surface area contributed by atoms with E-state index in [1.54, 1.807) is 12.1 Å². The van der Waals surface area contributed by atoms with Crippen molar-refractivity contribution < 1.29 is 9.53 Å². The largest absolute Gasteiger partial charge is 0.484 e. The zero-order chi connectivity index (χ0) is 19.3. The number of rotatable bonds is 5. The first-order valence-electron chi connectivity index (χ1n) is 8.36. The van der Waals surface area contributed by atoms with Crippen molar-refractivity contribution >= 4 is 40.5 Å². The van der Waals surface area contributed by atoms with E-state index in [9.17, 15) is 4.79 Å². The molecule has 1 amide bonds. The van der Waals surface area contributed by atoms with Crippen LogP contribution in [0, 0.1) is 13.8 Å². The van der Waals surface area contributed by atoms with E-state index in [2.05, 4.69) is 24.5 Å². The molecule has 0 heterocycles. The van der Waals surface area contributed by atoms with Gasteiger partial charge in [0.25, 0.3) is 5.91 Å². The lowest BCUT2D eigenvalue weighted by Crippen LogP contribution is -2.37. The van der Waals surface area contributed by atoms with Gasteiger partial charge in [-0.2, -0.15) is 0 Å². The Morgan fingerprint density at radius 3 is 2.54 bits per heavy atom. The number of thiocarbonyl (C=S) groups is 1. The van der Waals surface area contributed by atoms with Crippen molar-refractivity contribution in [3.05, 3.63) is 58.1 Å². The number of benzene rings is 2. The van der Waals surface area contributed by atoms with Crippen molar-refractivity contribution in [3.63, 3.8) is 0 Å². The molecule has 0 atom stereocenters. The Morgan fingerprint density at radius 2 is 1.88 bits per heavy atom. The van der Waals surface area contributed by atoms with Gasteiger partial charge in [0.15, 0.2) is 11.7 Å². The summed E-state index contributed by atoms with van der Waals surface area (Å²) >= 11 is 11.1. The second-order valence-corrected chi connectivity index (χ2v) is 7.27. The summed E-state index contributed by atoms with van der Waals surface area (Å²) in [6.45, 7) is 8.14. The molecule has 2 N–H and O–H groups in total. The van der Waals surface area contributed by atoms with Crippen LogP contribution in [0.5, 0.6) is 5.75 Å². The minimum Gasteiger partial charge on any atom is -0.484 e. The second kappa shape index (κ2) is 9.01. The smallest absolute Gasteiger partial charge is 0.264 e. The van der Waals surface area contributed by atoms with Gasteiger partial charge in [0.05, 0.1) is 0 Å². The number of hydrogen-bond acceptors (Lipinski definition) is 3. The number of hydrogen-bond donors (Lipinski definition) is 2. The summed E-state index contributed by atoms with van der Waals surface area (Å²) in [5.74, 6) is 0.783. The molecule has 6 heteroatoms. The van der Waals surface area contributed by atoms with E-state index in [0.717, 1.165) is 16.8 Å². The molecule has 0 bridgehead atoms. The Bertz CT molecular complexity index is 821. The first-order valence-corrected chi connectivity index (χ1v) is 9.15. The van der Waals surface area contributed by atoms with E-state index in [0.29, 0.717) is 16.7 Å². The normalized spacial score (nSPS) is 10.5. The standard InChI is InChI=1S/C20H23ClN2O2S/c1-12(2)17-8-7-16(9-14(17)4)25-11-19(24)23-20(26)22-18-10-15(21)6-5-13(18)3/h5-10,12H,11H2,1-4H3,(H2,22,23,24,26). The number of carbonyl (C=O) groups excluding carboxylic acids is 1. The minimum absolute atomic E-state index is 0.114. The predicted octanol–water partition coefficient (Wildman–Crippen LogP) is 4.97. The molecule has 2 aromatic rings. The summed E-state index contributed by atoms with van der Waals surface area (Å²) in [7, 11) is 0. The molecule has 0 aromatic heterocycles. The molecular weight excluding hydrogens is 368 g/mol. The van der Waals surface area contributed by atoms with Crippen molar-refractivity contribution in [2.45, 2.75) is 33.6 Å². The molecule has 0 unspecified atom stereocenters. The molecule has 0 fully saturated rings. The average Bonchev–Trinajstić information content (AvgIpc) is 2.56. The van der Waals surface area contributed by atoms with Gasteiger partial charge in [-0.25, -0.2) is 0 Å². The number of amides is 1. The van der Waals surface area contributed by atoms with E-state index in [1.807, 2.05) is 38.1 Å². The molecule has 2 aromatic carbocycles. The highest BCUT2D eigenvalue weighted by Crippen LogP contribution is 2.23. The predicted molar refractivity (Wildman–Crippen MR) is 111 cm³/mol. The molecule has 0 aliphatic carbocycles. The van der Waals surface area contributed by atoms with Gasteiger partial charge >= 0.3 is 0 Å². The summed E-state index contributed by atoms with van der Waals surface area (Å²) in [6.07, 6.45) is 0. The summed E-state index contributed by atoms with van der Waals surface area (Å²) in [5, 5.41) is 6.37.